The Morgan fingerprint density at radius 3 is 3.25 bits per heavy atom. The molecule has 0 amide bonds. The van der Waals surface area contributed by atoms with Crippen LogP contribution in [0.15, 0.2) is 12.3 Å². The molecule has 3 heteroatoms. The van der Waals surface area contributed by atoms with E-state index < -0.39 is 0 Å². The first-order valence-corrected chi connectivity index (χ1v) is 2.29. The quantitative estimate of drug-likeness (QED) is 0.605. The van der Waals surface area contributed by atoms with Crippen LogP contribution in [0.1, 0.15) is 5.69 Å². The molecule has 0 saturated heterocycles. The van der Waals surface area contributed by atoms with Crippen LogP contribution in [0.3, 0.4) is 0 Å². The molecule has 1 aromatic rings. The summed E-state index contributed by atoms with van der Waals surface area (Å²) in [5.41, 5.74) is 0.813. The van der Waals surface area contributed by atoms with E-state index in [1.807, 2.05) is 6.07 Å². The topological polar surface area (TPSA) is 37.9 Å². The lowest BCUT2D eigenvalue weighted by molar-refractivity contribution is 0.290. The van der Waals surface area contributed by atoms with Crippen molar-refractivity contribution in [3.63, 3.8) is 0 Å². The van der Waals surface area contributed by atoms with Crippen LogP contribution in [0.5, 0.6) is 0 Å². The highest BCUT2D eigenvalue weighted by molar-refractivity contribution is 5.04. The van der Waals surface area contributed by atoms with E-state index in [2.05, 4.69) is 14.9 Å². The zero-order chi connectivity index (χ0) is 5.82. The molecular formula is C5H7N2O. The summed E-state index contributed by atoms with van der Waals surface area (Å²) in [5.74, 6) is 0. The van der Waals surface area contributed by atoms with E-state index in [0.29, 0.717) is 0 Å². The summed E-state index contributed by atoms with van der Waals surface area (Å²) in [7, 11) is 1.59. The minimum Gasteiger partial charge on any atom is -0.372 e. The van der Waals surface area contributed by atoms with Gasteiger partial charge in [-0.2, -0.15) is 5.10 Å². The van der Waals surface area contributed by atoms with E-state index in [1.165, 1.54) is 0 Å². The smallest absolute Gasteiger partial charge is 0.133 e. The molecule has 3 nitrogen and oxygen atoms in total. The number of hydrogen-bond acceptors (Lipinski definition) is 2. The monoisotopic (exact) mass is 111 g/mol. The number of ether oxygens (including phenoxy) is 1. The van der Waals surface area contributed by atoms with Gasteiger partial charge in [0.05, 0.1) is 5.69 Å². The van der Waals surface area contributed by atoms with Gasteiger partial charge in [0.2, 0.25) is 0 Å². The van der Waals surface area contributed by atoms with Gasteiger partial charge in [-0.15, -0.1) is 0 Å². The Kier molecular flexibility index (Phi) is 1.64. The highest BCUT2D eigenvalue weighted by Gasteiger charge is 1.89. The summed E-state index contributed by atoms with van der Waals surface area (Å²) in [4.78, 5) is 0. The van der Waals surface area contributed by atoms with Crippen molar-refractivity contribution >= 4 is 0 Å². The molecule has 1 aromatic heterocycles. The van der Waals surface area contributed by atoms with Gasteiger partial charge in [-0.1, -0.05) is 0 Å². The van der Waals surface area contributed by atoms with Crippen molar-refractivity contribution in [3.05, 3.63) is 24.6 Å². The first kappa shape index (κ1) is 5.31. The second-order valence-electron chi connectivity index (χ2n) is 1.35. The predicted molar refractivity (Wildman–Crippen MR) is 29.0 cm³/mol. The van der Waals surface area contributed by atoms with Crippen LogP contribution in [0, 0.1) is 6.61 Å². The summed E-state index contributed by atoms with van der Waals surface area (Å²) in [6, 6.07) is 1.82. The van der Waals surface area contributed by atoms with Crippen LogP contribution in [-0.2, 0) is 4.74 Å². The molecule has 0 atom stereocenters. The third-order valence-electron chi connectivity index (χ3n) is 0.761. The lowest BCUT2D eigenvalue weighted by Crippen LogP contribution is -1.82. The lowest BCUT2D eigenvalue weighted by Gasteiger charge is -1.86. The molecule has 1 radical (unpaired) electrons. The molecule has 1 heterocycles. The number of hydrogen-bond donors (Lipinski definition) is 1. The van der Waals surface area contributed by atoms with Crippen LogP contribution >= 0.6 is 0 Å². The molecule has 0 bridgehead atoms. The number of methoxy groups -OCH3 is 1. The minimum atomic E-state index is 0.813. The Bertz CT molecular complexity index is 136. The van der Waals surface area contributed by atoms with Gasteiger partial charge in [-0.25, -0.2) is 0 Å². The Balaban J connectivity index is 2.50. The largest absolute Gasteiger partial charge is 0.372 e. The summed E-state index contributed by atoms with van der Waals surface area (Å²) in [6.45, 7) is 1.57. The molecule has 0 aliphatic rings. The van der Waals surface area contributed by atoms with Crippen molar-refractivity contribution in [3.8, 4) is 0 Å². The first-order valence-electron chi connectivity index (χ1n) is 2.29. The van der Waals surface area contributed by atoms with E-state index in [-0.39, 0.29) is 0 Å². The van der Waals surface area contributed by atoms with E-state index in [1.54, 1.807) is 19.9 Å². The van der Waals surface area contributed by atoms with Crippen molar-refractivity contribution in [2.24, 2.45) is 0 Å². The third kappa shape index (κ3) is 1.07. The highest BCUT2D eigenvalue weighted by atomic mass is 16.5. The molecule has 0 aromatic carbocycles. The number of nitrogens with zero attached hydrogens (tertiary/aromatic N) is 1. The van der Waals surface area contributed by atoms with Gasteiger partial charge >= 0.3 is 0 Å². The van der Waals surface area contributed by atoms with Gasteiger partial charge < -0.3 is 4.74 Å². The predicted octanol–water partition coefficient (Wildman–Crippen LogP) is 0.566. The van der Waals surface area contributed by atoms with E-state index >= 15 is 0 Å². The minimum absolute atomic E-state index is 0.813. The Labute approximate surface area is 47.7 Å². The third-order valence-corrected chi connectivity index (χ3v) is 0.761. The summed E-state index contributed by atoms with van der Waals surface area (Å²) in [6.07, 6.45) is 1.74. The zero-order valence-corrected chi connectivity index (χ0v) is 4.59. The molecule has 0 aliphatic heterocycles. The fraction of sp³-hybridized carbons (Fsp3) is 0.200. The molecule has 0 fully saturated rings. The Morgan fingerprint density at radius 1 is 1.88 bits per heavy atom. The maximum absolute atomic E-state index is 4.68. The maximum Gasteiger partial charge on any atom is 0.133 e. The second kappa shape index (κ2) is 2.47. The van der Waals surface area contributed by atoms with Crippen molar-refractivity contribution in [1.29, 1.82) is 0 Å². The molecular weight excluding hydrogens is 104 g/mol. The highest BCUT2D eigenvalue weighted by Crippen LogP contribution is 1.93. The molecule has 1 N–H and O–H groups in total. The summed E-state index contributed by atoms with van der Waals surface area (Å²) >= 11 is 0. The van der Waals surface area contributed by atoms with Crippen LogP contribution in [0.2, 0.25) is 0 Å². The molecule has 0 spiro atoms. The van der Waals surface area contributed by atoms with Gasteiger partial charge in [0.1, 0.15) is 6.61 Å². The number of aromatic amines is 1. The fourth-order valence-electron chi connectivity index (χ4n) is 0.458. The number of nitrogens with one attached hydrogen (secondary N) is 1. The molecule has 0 saturated carbocycles. The van der Waals surface area contributed by atoms with Crippen LogP contribution in [-0.4, -0.2) is 17.3 Å². The normalized spacial score (nSPS) is 9.62. The van der Waals surface area contributed by atoms with Crippen molar-refractivity contribution < 1.29 is 4.74 Å². The summed E-state index contributed by atoms with van der Waals surface area (Å²) < 4.78 is 4.68. The van der Waals surface area contributed by atoms with Gasteiger partial charge in [-0.05, 0) is 6.07 Å². The number of rotatable bonds is 2. The first-order chi connectivity index (χ1) is 3.93. The Morgan fingerprint density at radius 2 is 2.75 bits per heavy atom. The molecule has 0 unspecified atom stereocenters. The van der Waals surface area contributed by atoms with Crippen molar-refractivity contribution in [2.75, 3.05) is 7.11 Å². The van der Waals surface area contributed by atoms with Crippen LogP contribution in [0.25, 0.3) is 0 Å². The van der Waals surface area contributed by atoms with E-state index in [9.17, 15) is 0 Å². The lowest BCUT2D eigenvalue weighted by atomic mass is 10.5. The van der Waals surface area contributed by atoms with E-state index in [4.69, 9.17) is 0 Å². The zero-order valence-electron chi connectivity index (χ0n) is 4.59. The number of aromatic nitrogens is 2. The van der Waals surface area contributed by atoms with Crippen LogP contribution < -0.4 is 0 Å². The molecule has 1 rings (SSSR count). The molecule has 0 aliphatic carbocycles. The van der Waals surface area contributed by atoms with E-state index in [0.717, 1.165) is 5.69 Å². The van der Waals surface area contributed by atoms with Crippen molar-refractivity contribution in [1.82, 2.24) is 10.2 Å². The molecule has 8 heavy (non-hydrogen) atoms. The Hall–Kier alpha value is -0.830. The maximum atomic E-state index is 4.68. The fourth-order valence-corrected chi connectivity index (χ4v) is 0.458. The van der Waals surface area contributed by atoms with Gasteiger partial charge in [0.15, 0.2) is 0 Å². The van der Waals surface area contributed by atoms with Gasteiger partial charge in [-0.3, -0.25) is 5.10 Å². The average molecular weight is 111 g/mol. The van der Waals surface area contributed by atoms with Crippen LogP contribution in [0.4, 0.5) is 0 Å². The van der Waals surface area contributed by atoms with Gasteiger partial charge in [0.25, 0.3) is 0 Å². The second-order valence-corrected chi connectivity index (χ2v) is 1.35. The average Bonchev–Trinajstić information content (AvgIpc) is 2.19. The molecule has 43 valence electrons. The summed E-state index contributed by atoms with van der Waals surface area (Å²) in [5, 5.41) is 6.45. The standard InChI is InChI=1S/C5H7N2O/c1-8-4-5-2-3-6-7-5/h2-4H,1H3,(H,6,7). The van der Waals surface area contributed by atoms with Crippen molar-refractivity contribution in [2.45, 2.75) is 0 Å². The SMILES string of the molecule is CO[CH]c1cc[nH]n1. The number of H-pyrrole nitrogens is 1. The van der Waals surface area contributed by atoms with Gasteiger partial charge in [0, 0.05) is 13.3 Å².